The molecule has 0 atom stereocenters. The van der Waals surface area contributed by atoms with E-state index in [2.05, 4.69) is 0 Å². The van der Waals surface area contributed by atoms with E-state index < -0.39 is 16.8 Å². The summed E-state index contributed by atoms with van der Waals surface area (Å²) < 4.78 is 0. The number of ketones is 1. The Hall–Kier alpha value is -2.44. The zero-order valence-corrected chi connectivity index (χ0v) is 8.04. The van der Waals surface area contributed by atoms with Gasteiger partial charge in [0.1, 0.15) is 0 Å². The van der Waals surface area contributed by atoms with Crippen LogP contribution in [0.15, 0.2) is 24.3 Å². The van der Waals surface area contributed by atoms with Crippen LogP contribution in [0.1, 0.15) is 10.4 Å². The lowest BCUT2D eigenvalue weighted by Crippen LogP contribution is -2.27. The van der Waals surface area contributed by atoms with Crippen LogP contribution in [0.3, 0.4) is 0 Å². The summed E-state index contributed by atoms with van der Waals surface area (Å²) in [6, 6.07) is 4.94. The molecule has 16 heavy (non-hydrogen) atoms. The molecule has 0 aliphatic heterocycles. The summed E-state index contributed by atoms with van der Waals surface area (Å²) >= 11 is 0. The number of hydrogen-bond acceptors (Lipinski definition) is 4. The molecule has 0 bridgehead atoms. The molecule has 0 unspecified atom stereocenters. The zero-order valence-electron chi connectivity index (χ0n) is 8.04. The van der Waals surface area contributed by atoms with Gasteiger partial charge in [0.15, 0.2) is 5.78 Å². The van der Waals surface area contributed by atoms with Crippen molar-refractivity contribution in [2.24, 2.45) is 0 Å². The normalized spacial score (nSPS) is 9.50. The Labute approximate surface area is 89.8 Å². The SMILES string of the molecule is O=C(O)NCC(=O)c1ccc([N+](=O)[O-])cc1. The van der Waals surface area contributed by atoms with E-state index in [4.69, 9.17) is 5.11 Å². The monoisotopic (exact) mass is 224 g/mol. The molecule has 7 heteroatoms. The van der Waals surface area contributed by atoms with Crippen molar-refractivity contribution < 1.29 is 19.6 Å². The highest BCUT2D eigenvalue weighted by atomic mass is 16.6. The highest BCUT2D eigenvalue weighted by Gasteiger charge is 2.09. The average Bonchev–Trinajstić information content (AvgIpc) is 2.26. The minimum Gasteiger partial charge on any atom is -0.465 e. The first-order chi connectivity index (χ1) is 7.50. The maximum atomic E-state index is 11.3. The molecule has 1 rings (SSSR count). The van der Waals surface area contributed by atoms with Crippen molar-refractivity contribution in [3.05, 3.63) is 39.9 Å². The molecule has 0 radical (unpaired) electrons. The summed E-state index contributed by atoms with van der Waals surface area (Å²) in [5.41, 5.74) is 0.0992. The van der Waals surface area contributed by atoms with Crippen molar-refractivity contribution in [1.29, 1.82) is 0 Å². The largest absolute Gasteiger partial charge is 0.465 e. The molecule has 0 aromatic heterocycles. The number of carbonyl (C=O) groups is 2. The van der Waals surface area contributed by atoms with Gasteiger partial charge in [0.25, 0.3) is 5.69 Å². The number of Topliss-reactive ketones (excluding diaryl/α,β-unsaturated/α-hetero) is 1. The molecule has 84 valence electrons. The van der Waals surface area contributed by atoms with Gasteiger partial charge in [0, 0.05) is 17.7 Å². The third-order valence-electron chi connectivity index (χ3n) is 1.80. The predicted octanol–water partition coefficient (Wildman–Crippen LogP) is 1.05. The Morgan fingerprint density at radius 3 is 2.31 bits per heavy atom. The second kappa shape index (κ2) is 4.87. The van der Waals surface area contributed by atoms with Crippen LogP contribution in [0.4, 0.5) is 10.5 Å². The molecule has 0 aliphatic carbocycles. The van der Waals surface area contributed by atoms with Gasteiger partial charge >= 0.3 is 6.09 Å². The van der Waals surface area contributed by atoms with Gasteiger partial charge in [-0.15, -0.1) is 0 Å². The molecule has 0 spiro atoms. The standard InChI is InChI=1S/C9H8N2O5/c12-8(5-10-9(13)14)6-1-3-7(4-2-6)11(15)16/h1-4,10H,5H2,(H,13,14). The summed E-state index contributed by atoms with van der Waals surface area (Å²) in [6.45, 7) is -0.354. The summed E-state index contributed by atoms with van der Waals surface area (Å²) in [5, 5.41) is 20.5. The smallest absolute Gasteiger partial charge is 0.405 e. The molecular weight excluding hydrogens is 216 g/mol. The second-order valence-corrected chi connectivity index (χ2v) is 2.89. The first kappa shape index (κ1) is 11.6. The second-order valence-electron chi connectivity index (χ2n) is 2.89. The number of carboxylic acid groups (broad SMARTS) is 1. The van der Waals surface area contributed by atoms with Crippen LogP contribution in [-0.4, -0.2) is 28.5 Å². The Bertz CT molecular complexity index is 426. The third-order valence-corrected chi connectivity index (χ3v) is 1.80. The van der Waals surface area contributed by atoms with Gasteiger partial charge in [0.05, 0.1) is 11.5 Å². The van der Waals surface area contributed by atoms with Crippen LogP contribution in [0, 0.1) is 10.1 Å². The van der Waals surface area contributed by atoms with E-state index in [1.807, 2.05) is 5.32 Å². The number of amides is 1. The molecule has 0 saturated heterocycles. The molecule has 0 fully saturated rings. The van der Waals surface area contributed by atoms with E-state index in [0.29, 0.717) is 0 Å². The lowest BCUT2D eigenvalue weighted by molar-refractivity contribution is -0.384. The number of carbonyl (C=O) groups excluding carboxylic acids is 1. The van der Waals surface area contributed by atoms with E-state index in [-0.39, 0.29) is 17.8 Å². The summed E-state index contributed by atoms with van der Waals surface area (Å²) in [6.07, 6.45) is -1.30. The summed E-state index contributed by atoms with van der Waals surface area (Å²) in [4.78, 5) is 31.2. The molecule has 0 aliphatic rings. The Morgan fingerprint density at radius 1 is 1.31 bits per heavy atom. The van der Waals surface area contributed by atoms with E-state index in [1.165, 1.54) is 24.3 Å². The van der Waals surface area contributed by atoms with Gasteiger partial charge in [-0.1, -0.05) is 0 Å². The fourth-order valence-corrected chi connectivity index (χ4v) is 1.03. The number of nitro benzene ring substituents is 1. The van der Waals surface area contributed by atoms with Crippen molar-refractivity contribution in [2.45, 2.75) is 0 Å². The number of nitro groups is 1. The van der Waals surface area contributed by atoms with E-state index in [9.17, 15) is 19.7 Å². The number of nitrogens with one attached hydrogen (secondary N) is 1. The van der Waals surface area contributed by atoms with E-state index >= 15 is 0 Å². The van der Waals surface area contributed by atoms with E-state index in [1.54, 1.807) is 0 Å². The highest BCUT2D eigenvalue weighted by molar-refractivity contribution is 5.98. The number of non-ortho nitro benzene ring substituents is 1. The Morgan fingerprint density at radius 2 is 1.88 bits per heavy atom. The highest BCUT2D eigenvalue weighted by Crippen LogP contribution is 2.11. The lowest BCUT2D eigenvalue weighted by atomic mass is 10.1. The maximum Gasteiger partial charge on any atom is 0.405 e. The maximum absolute atomic E-state index is 11.3. The number of nitrogens with zero attached hydrogens (tertiary/aromatic N) is 1. The lowest BCUT2D eigenvalue weighted by Gasteiger charge is -2.00. The predicted molar refractivity (Wildman–Crippen MR) is 53.5 cm³/mol. The van der Waals surface area contributed by atoms with Crippen LogP contribution < -0.4 is 5.32 Å². The van der Waals surface area contributed by atoms with Gasteiger partial charge in [-0.05, 0) is 12.1 Å². The van der Waals surface area contributed by atoms with Crippen LogP contribution in [0.5, 0.6) is 0 Å². The van der Waals surface area contributed by atoms with Crippen molar-refractivity contribution in [1.82, 2.24) is 5.32 Å². The molecule has 0 saturated carbocycles. The van der Waals surface area contributed by atoms with E-state index in [0.717, 1.165) is 0 Å². The van der Waals surface area contributed by atoms with Crippen molar-refractivity contribution in [3.63, 3.8) is 0 Å². The van der Waals surface area contributed by atoms with Gasteiger partial charge in [-0.25, -0.2) is 4.79 Å². The molecule has 1 aromatic rings. The molecule has 2 N–H and O–H groups in total. The quantitative estimate of drug-likeness (QED) is 0.451. The summed E-state index contributed by atoms with van der Waals surface area (Å²) in [5.74, 6) is -0.447. The molecule has 1 aromatic carbocycles. The van der Waals surface area contributed by atoms with Gasteiger partial charge < -0.3 is 10.4 Å². The number of benzene rings is 1. The van der Waals surface area contributed by atoms with Crippen molar-refractivity contribution in [2.75, 3.05) is 6.54 Å². The molecule has 7 nitrogen and oxygen atoms in total. The topological polar surface area (TPSA) is 110 Å². The fourth-order valence-electron chi connectivity index (χ4n) is 1.03. The van der Waals surface area contributed by atoms with Gasteiger partial charge in [-0.3, -0.25) is 14.9 Å². The first-order valence-electron chi connectivity index (χ1n) is 4.25. The van der Waals surface area contributed by atoms with Crippen LogP contribution in [0.2, 0.25) is 0 Å². The third kappa shape index (κ3) is 3.05. The fraction of sp³-hybridized carbons (Fsp3) is 0.111. The van der Waals surface area contributed by atoms with Gasteiger partial charge in [-0.2, -0.15) is 0 Å². The first-order valence-corrected chi connectivity index (χ1v) is 4.25. The summed E-state index contributed by atoms with van der Waals surface area (Å²) in [7, 11) is 0. The van der Waals surface area contributed by atoms with Crippen molar-refractivity contribution >= 4 is 17.6 Å². The van der Waals surface area contributed by atoms with Crippen LogP contribution in [-0.2, 0) is 0 Å². The molecular formula is C9H8N2O5. The Kier molecular flexibility index (Phi) is 3.54. The Balaban J connectivity index is 2.70. The van der Waals surface area contributed by atoms with Crippen molar-refractivity contribution in [3.8, 4) is 0 Å². The molecule has 0 heterocycles. The minimum absolute atomic E-state index is 0.122. The zero-order chi connectivity index (χ0) is 12.1. The van der Waals surface area contributed by atoms with Crippen LogP contribution >= 0.6 is 0 Å². The minimum atomic E-state index is -1.30. The number of rotatable bonds is 4. The number of hydrogen-bond donors (Lipinski definition) is 2. The van der Waals surface area contributed by atoms with Gasteiger partial charge in [0.2, 0.25) is 0 Å². The molecule has 1 amide bonds. The van der Waals surface area contributed by atoms with Crippen LogP contribution in [0.25, 0.3) is 0 Å². The average molecular weight is 224 g/mol.